The van der Waals surface area contributed by atoms with Gasteiger partial charge in [0.1, 0.15) is 0 Å². The van der Waals surface area contributed by atoms with Crippen LogP contribution in [0.4, 0.5) is 0 Å². The number of carbonyl (C=O) groups is 2. The predicted octanol–water partition coefficient (Wildman–Crippen LogP) is 3.13. The molecule has 20 heavy (non-hydrogen) atoms. The van der Waals surface area contributed by atoms with Crippen LogP contribution in [-0.4, -0.2) is 23.3 Å². The molecule has 0 saturated heterocycles. The molecule has 1 aliphatic rings. The molecule has 0 unspecified atom stereocenters. The molecule has 2 aromatic rings. The average Bonchev–Trinajstić information content (AvgIpc) is 2.71. The van der Waals surface area contributed by atoms with E-state index >= 15 is 0 Å². The lowest BCUT2D eigenvalue weighted by Gasteiger charge is -2.14. The van der Waals surface area contributed by atoms with E-state index in [1.54, 1.807) is 24.3 Å². The predicted molar refractivity (Wildman–Crippen MR) is 84.7 cm³/mol. The van der Waals surface area contributed by atoms with Crippen LogP contribution >= 0.6 is 22.6 Å². The fourth-order valence-electron chi connectivity index (χ4n) is 2.38. The molecule has 2 aromatic carbocycles. The van der Waals surface area contributed by atoms with Crippen LogP contribution in [0.5, 0.6) is 0 Å². The number of carbonyl (C=O) groups excluding carboxylic acids is 2. The molecule has 3 rings (SSSR count). The van der Waals surface area contributed by atoms with Gasteiger partial charge < -0.3 is 0 Å². The smallest absolute Gasteiger partial charge is 0.261 e. The Morgan fingerprint density at radius 3 is 2.00 bits per heavy atom. The van der Waals surface area contributed by atoms with Crippen molar-refractivity contribution >= 4 is 34.4 Å². The van der Waals surface area contributed by atoms with Crippen molar-refractivity contribution < 1.29 is 9.59 Å². The lowest BCUT2D eigenvalue weighted by Crippen LogP contribution is -2.31. The molecule has 0 radical (unpaired) electrons. The zero-order valence-corrected chi connectivity index (χ0v) is 12.8. The molecule has 0 saturated carbocycles. The minimum Gasteiger partial charge on any atom is -0.274 e. The van der Waals surface area contributed by atoms with Crippen LogP contribution in [0.3, 0.4) is 0 Å². The highest BCUT2D eigenvalue weighted by molar-refractivity contribution is 14.1. The Bertz CT molecular complexity index is 661. The summed E-state index contributed by atoms with van der Waals surface area (Å²) >= 11 is 2.27. The van der Waals surface area contributed by atoms with Gasteiger partial charge in [-0.05, 0) is 52.8 Å². The van der Waals surface area contributed by atoms with Gasteiger partial charge >= 0.3 is 0 Å². The maximum absolute atomic E-state index is 12.2. The maximum atomic E-state index is 12.2. The topological polar surface area (TPSA) is 37.4 Å². The first-order chi connectivity index (χ1) is 9.68. The van der Waals surface area contributed by atoms with Gasteiger partial charge in [0.25, 0.3) is 11.8 Å². The van der Waals surface area contributed by atoms with Crippen molar-refractivity contribution in [1.29, 1.82) is 0 Å². The van der Waals surface area contributed by atoms with Gasteiger partial charge in [-0.2, -0.15) is 0 Å². The summed E-state index contributed by atoms with van der Waals surface area (Å²) in [4.78, 5) is 25.8. The Hall–Kier alpha value is -1.69. The van der Waals surface area contributed by atoms with E-state index in [-0.39, 0.29) is 11.8 Å². The Morgan fingerprint density at radius 1 is 0.850 bits per heavy atom. The third-order valence-electron chi connectivity index (χ3n) is 3.44. The summed E-state index contributed by atoms with van der Waals surface area (Å²) in [5.41, 5.74) is 2.19. The maximum Gasteiger partial charge on any atom is 0.261 e. The van der Waals surface area contributed by atoms with Crippen molar-refractivity contribution in [2.24, 2.45) is 0 Å². The van der Waals surface area contributed by atoms with Crippen LogP contribution in [0.1, 0.15) is 26.3 Å². The fraction of sp³-hybridized carbons (Fsp3) is 0.125. The van der Waals surface area contributed by atoms with Gasteiger partial charge in [0.15, 0.2) is 0 Å². The van der Waals surface area contributed by atoms with E-state index < -0.39 is 0 Å². The van der Waals surface area contributed by atoms with Crippen molar-refractivity contribution in [1.82, 2.24) is 4.90 Å². The van der Waals surface area contributed by atoms with E-state index in [2.05, 4.69) is 22.6 Å². The Labute approximate surface area is 130 Å². The van der Waals surface area contributed by atoms with Gasteiger partial charge in [0.2, 0.25) is 0 Å². The lowest BCUT2D eigenvalue weighted by molar-refractivity contribution is 0.0656. The molecule has 2 amide bonds. The molecule has 0 spiro atoms. The number of hydrogen-bond acceptors (Lipinski definition) is 2. The van der Waals surface area contributed by atoms with Crippen molar-refractivity contribution in [3.05, 3.63) is 68.8 Å². The van der Waals surface area contributed by atoms with Crippen molar-refractivity contribution in [2.45, 2.75) is 6.42 Å². The number of amides is 2. The van der Waals surface area contributed by atoms with Crippen LogP contribution in [0, 0.1) is 3.57 Å². The third kappa shape index (κ3) is 2.24. The van der Waals surface area contributed by atoms with E-state index in [0.29, 0.717) is 24.1 Å². The van der Waals surface area contributed by atoms with Gasteiger partial charge in [0.05, 0.1) is 11.1 Å². The van der Waals surface area contributed by atoms with Gasteiger partial charge in [-0.1, -0.05) is 30.3 Å². The van der Waals surface area contributed by atoms with Crippen molar-refractivity contribution in [3.8, 4) is 0 Å². The summed E-state index contributed by atoms with van der Waals surface area (Å²) in [6.07, 6.45) is 0.685. The van der Waals surface area contributed by atoms with Gasteiger partial charge in [-0.25, -0.2) is 0 Å². The Balaban J connectivity index is 1.79. The summed E-state index contributed by atoms with van der Waals surface area (Å²) in [6, 6.07) is 15.0. The quantitative estimate of drug-likeness (QED) is 0.609. The first kappa shape index (κ1) is 13.3. The molecular weight excluding hydrogens is 365 g/mol. The summed E-state index contributed by atoms with van der Waals surface area (Å²) < 4.78 is 1.15. The zero-order chi connectivity index (χ0) is 14.1. The Morgan fingerprint density at radius 2 is 1.40 bits per heavy atom. The summed E-state index contributed by atoms with van der Waals surface area (Å²) in [5, 5.41) is 0. The van der Waals surface area contributed by atoms with E-state index in [1.807, 2.05) is 24.3 Å². The monoisotopic (exact) mass is 377 g/mol. The molecule has 4 heteroatoms. The van der Waals surface area contributed by atoms with Gasteiger partial charge in [-0.15, -0.1) is 0 Å². The van der Waals surface area contributed by atoms with Crippen LogP contribution < -0.4 is 0 Å². The molecule has 0 N–H and O–H groups in total. The molecule has 1 aliphatic heterocycles. The molecule has 1 heterocycles. The van der Waals surface area contributed by atoms with E-state index in [4.69, 9.17) is 0 Å². The minimum atomic E-state index is -0.184. The van der Waals surface area contributed by atoms with E-state index in [0.717, 1.165) is 9.13 Å². The summed E-state index contributed by atoms with van der Waals surface area (Å²) in [7, 11) is 0. The molecule has 0 aliphatic carbocycles. The second kappa shape index (κ2) is 5.36. The molecule has 0 atom stereocenters. The molecule has 100 valence electrons. The molecule has 0 fully saturated rings. The number of rotatable bonds is 3. The summed E-state index contributed by atoms with van der Waals surface area (Å²) in [6.45, 7) is 0.423. The minimum absolute atomic E-state index is 0.184. The number of benzene rings is 2. The van der Waals surface area contributed by atoms with E-state index in [1.165, 1.54) is 4.90 Å². The average molecular weight is 377 g/mol. The highest BCUT2D eigenvalue weighted by Crippen LogP contribution is 2.23. The number of fused-ring (bicyclic) bond motifs is 1. The van der Waals surface area contributed by atoms with E-state index in [9.17, 15) is 9.59 Å². The van der Waals surface area contributed by atoms with Gasteiger partial charge in [0, 0.05) is 10.1 Å². The van der Waals surface area contributed by atoms with Crippen LogP contribution in [0.15, 0.2) is 48.5 Å². The number of imide groups is 1. The number of halogens is 1. The number of hydrogen-bond donors (Lipinski definition) is 0. The lowest BCUT2D eigenvalue weighted by atomic mass is 10.1. The molecule has 0 bridgehead atoms. The third-order valence-corrected chi connectivity index (χ3v) is 4.49. The first-order valence-electron chi connectivity index (χ1n) is 6.37. The highest BCUT2D eigenvalue weighted by Gasteiger charge is 2.34. The van der Waals surface area contributed by atoms with Gasteiger partial charge in [-0.3, -0.25) is 14.5 Å². The molecular formula is C16H12INO2. The number of nitrogens with zero attached hydrogens (tertiary/aromatic N) is 1. The van der Waals surface area contributed by atoms with Crippen LogP contribution in [0.2, 0.25) is 0 Å². The Kier molecular flexibility index (Phi) is 3.56. The first-order valence-corrected chi connectivity index (χ1v) is 7.45. The zero-order valence-electron chi connectivity index (χ0n) is 10.7. The second-order valence-electron chi connectivity index (χ2n) is 4.65. The van der Waals surface area contributed by atoms with Crippen LogP contribution in [-0.2, 0) is 6.42 Å². The van der Waals surface area contributed by atoms with Crippen LogP contribution in [0.25, 0.3) is 0 Å². The molecule has 3 nitrogen and oxygen atoms in total. The molecule has 0 aromatic heterocycles. The summed E-state index contributed by atoms with van der Waals surface area (Å²) in [5.74, 6) is -0.368. The largest absolute Gasteiger partial charge is 0.274 e. The van der Waals surface area contributed by atoms with Crippen molar-refractivity contribution in [3.63, 3.8) is 0 Å². The normalized spacial score (nSPS) is 13.8. The highest BCUT2D eigenvalue weighted by atomic mass is 127. The fourth-order valence-corrected chi connectivity index (χ4v) is 3.03. The second-order valence-corrected chi connectivity index (χ2v) is 5.81. The standard InChI is InChI=1S/C16H12INO2/c17-14-8-4-1-5-11(14)9-10-18-15(19)12-6-2-3-7-13(12)16(18)20/h1-8H,9-10H2. The SMILES string of the molecule is O=C1c2ccccc2C(=O)N1CCc1ccccc1I. The van der Waals surface area contributed by atoms with Crippen molar-refractivity contribution in [2.75, 3.05) is 6.54 Å².